The van der Waals surface area contributed by atoms with E-state index in [4.69, 9.17) is 27.9 Å². The van der Waals surface area contributed by atoms with Gasteiger partial charge in [-0.3, -0.25) is 0 Å². The molecule has 1 atom stereocenters. The molecule has 1 aromatic carbocycles. The zero-order valence-electron chi connectivity index (χ0n) is 11.2. The van der Waals surface area contributed by atoms with Gasteiger partial charge in [-0.2, -0.15) is 0 Å². The van der Waals surface area contributed by atoms with Gasteiger partial charge in [0.15, 0.2) is 0 Å². The summed E-state index contributed by atoms with van der Waals surface area (Å²) >= 11 is 11.8. The van der Waals surface area contributed by atoms with Gasteiger partial charge in [-0.1, -0.05) is 30.1 Å². The van der Waals surface area contributed by atoms with Crippen LogP contribution in [0.4, 0.5) is 0 Å². The third kappa shape index (κ3) is 4.31. The molecule has 0 aliphatic rings. The van der Waals surface area contributed by atoms with Gasteiger partial charge in [-0.25, -0.2) is 13.1 Å². The molecule has 5 nitrogen and oxygen atoms in total. The van der Waals surface area contributed by atoms with Crippen molar-refractivity contribution in [1.29, 1.82) is 0 Å². The molecule has 0 aliphatic heterocycles. The number of ether oxygens (including phenoxy) is 1. The number of aliphatic hydroxyl groups excluding tert-OH is 1. The molecule has 1 rings (SSSR count). The Morgan fingerprint density at radius 2 is 2.05 bits per heavy atom. The lowest BCUT2D eigenvalue weighted by Crippen LogP contribution is -2.30. The molecule has 0 aliphatic carbocycles. The highest BCUT2D eigenvalue weighted by molar-refractivity contribution is 7.89. The summed E-state index contributed by atoms with van der Waals surface area (Å²) in [5.41, 5.74) is 0.196. The molecule has 1 aromatic rings. The van der Waals surface area contributed by atoms with Gasteiger partial charge < -0.3 is 9.84 Å². The molecule has 20 heavy (non-hydrogen) atoms. The van der Waals surface area contributed by atoms with Crippen LogP contribution in [0, 0.1) is 5.92 Å². The molecule has 0 heterocycles. The van der Waals surface area contributed by atoms with E-state index in [2.05, 4.69) is 4.72 Å². The number of aliphatic hydroxyl groups is 1. The zero-order chi connectivity index (χ0) is 15.3. The molecule has 0 fully saturated rings. The monoisotopic (exact) mass is 341 g/mol. The maximum atomic E-state index is 12.2. The van der Waals surface area contributed by atoms with Crippen molar-refractivity contribution in [2.75, 3.05) is 20.3 Å². The second-order valence-corrected chi connectivity index (χ2v) is 6.93. The molecule has 0 aromatic heterocycles. The summed E-state index contributed by atoms with van der Waals surface area (Å²) in [6.45, 7) is 2.10. The Morgan fingerprint density at radius 1 is 1.40 bits per heavy atom. The normalized spacial score (nSPS) is 13.4. The van der Waals surface area contributed by atoms with E-state index in [0.29, 0.717) is 6.61 Å². The first-order valence-electron chi connectivity index (χ1n) is 5.89. The number of nitrogens with one attached hydrogen (secondary N) is 1. The molecule has 0 amide bonds. The fraction of sp³-hybridized carbons (Fsp3) is 0.500. The lowest BCUT2D eigenvalue weighted by Gasteiger charge is -2.14. The van der Waals surface area contributed by atoms with Gasteiger partial charge in [0.05, 0.1) is 11.6 Å². The average Bonchev–Trinajstić information content (AvgIpc) is 2.37. The maximum Gasteiger partial charge on any atom is 0.242 e. The minimum absolute atomic E-state index is 0.0261. The van der Waals surface area contributed by atoms with Gasteiger partial charge >= 0.3 is 0 Å². The Kier molecular flexibility index (Phi) is 6.71. The Bertz CT molecular complexity index is 563. The van der Waals surface area contributed by atoms with Gasteiger partial charge in [0.2, 0.25) is 10.0 Å². The Hall–Kier alpha value is -0.370. The van der Waals surface area contributed by atoms with Crippen molar-refractivity contribution in [3.63, 3.8) is 0 Å². The number of sulfonamides is 1. The second kappa shape index (κ2) is 7.59. The number of hydrogen-bond donors (Lipinski definition) is 2. The Labute approximate surface area is 128 Å². The lowest BCUT2D eigenvalue weighted by molar-refractivity contribution is 0.161. The highest BCUT2D eigenvalue weighted by Gasteiger charge is 2.21. The smallest absolute Gasteiger partial charge is 0.242 e. The summed E-state index contributed by atoms with van der Waals surface area (Å²) < 4.78 is 31.8. The summed E-state index contributed by atoms with van der Waals surface area (Å²) in [5.74, 6) is 0.0261. The van der Waals surface area contributed by atoms with Gasteiger partial charge in [-0.15, -0.1) is 0 Å². The fourth-order valence-electron chi connectivity index (χ4n) is 1.60. The minimum Gasteiger partial charge on any atom is -0.392 e. The Morgan fingerprint density at radius 3 is 2.60 bits per heavy atom. The summed E-state index contributed by atoms with van der Waals surface area (Å²) in [6.07, 6.45) is 0. The molecule has 8 heteroatoms. The van der Waals surface area contributed by atoms with Crippen LogP contribution in [0.15, 0.2) is 17.0 Å². The molecule has 0 bridgehead atoms. The highest BCUT2D eigenvalue weighted by atomic mass is 35.5. The standard InChI is InChI=1S/C12H17Cl2NO4S/c1-8(7-19-2)5-15-20(17,18)11-4-3-10(13)9(6-16)12(11)14/h3-4,8,15-16H,5-7H2,1-2H3. The average molecular weight is 342 g/mol. The van der Waals surface area contributed by atoms with E-state index in [1.165, 1.54) is 12.1 Å². The first kappa shape index (κ1) is 17.7. The van der Waals surface area contributed by atoms with Crippen LogP contribution in [0.5, 0.6) is 0 Å². The largest absolute Gasteiger partial charge is 0.392 e. The van der Waals surface area contributed by atoms with Crippen LogP contribution in [0.3, 0.4) is 0 Å². The van der Waals surface area contributed by atoms with E-state index in [9.17, 15) is 13.5 Å². The maximum absolute atomic E-state index is 12.2. The molecular formula is C12H17Cl2NO4S. The molecular weight excluding hydrogens is 325 g/mol. The van der Waals surface area contributed by atoms with Crippen molar-refractivity contribution in [3.8, 4) is 0 Å². The van der Waals surface area contributed by atoms with E-state index in [-0.39, 0.29) is 33.0 Å². The van der Waals surface area contributed by atoms with Crippen LogP contribution in [0.2, 0.25) is 10.0 Å². The summed E-state index contributed by atoms with van der Waals surface area (Å²) in [4.78, 5) is -0.0998. The quantitative estimate of drug-likeness (QED) is 0.795. The van der Waals surface area contributed by atoms with Crippen molar-refractivity contribution in [2.45, 2.75) is 18.4 Å². The molecule has 1 unspecified atom stereocenters. The first-order valence-corrected chi connectivity index (χ1v) is 8.13. The van der Waals surface area contributed by atoms with Gasteiger partial charge in [-0.05, 0) is 18.1 Å². The van der Waals surface area contributed by atoms with Gasteiger partial charge in [0, 0.05) is 30.8 Å². The highest BCUT2D eigenvalue weighted by Crippen LogP contribution is 2.30. The number of benzene rings is 1. The van der Waals surface area contributed by atoms with Gasteiger partial charge in [0.25, 0.3) is 0 Å². The van der Waals surface area contributed by atoms with E-state index >= 15 is 0 Å². The van der Waals surface area contributed by atoms with Crippen LogP contribution >= 0.6 is 23.2 Å². The van der Waals surface area contributed by atoms with Crippen LogP contribution in [0.1, 0.15) is 12.5 Å². The zero-order valence-corrected chi connectivity index (χ0v) is 13.5. The molecule has 2 N–H and O–H groups in total. The SMILES string of the molecule is COCC(C)CNS(=O)(=O)c1ccc(Cl)c(CO)c1Cl. The van der Waals surface area contributed by atoms with Crippen LogP contribution < -0.4 is 4.72 Å². The van der Waals surface area contributed by atoms with Crippen molar-refractivity contribution >= 4 is 33.2 Å². The molecule has 0 saturated heterocycles. The van der Waals surface area contributed by atoms with E-state index in [1.54, 1.807) is 7.11 Å². The van der Waals surface area contributed by atoms with Gasteiger partial charge in [0.1, 0.15) is 4.90 Å². The van der Waals surface area contributed by atoms with E-state index in [1.807, 2.05) is 6.92 Å². The number of halogens is 2. The lowest BCUT2D eigenvalue weighted by atomic mass is 10.2. The number of methoxy groups -OCH3 is 1. The van der Waals surface area contributed by atoms with Crippen LogP contribution in [0.25, 0.3) is 0 Å². The third-order valence-corrected chi connectivity index (χ3v) is 5.04. The second-order valence-electron chi connectivity index (χ2n) is 4.41. The topological polar surface area (TPSA) is 75.6 Å². The van der Waals surface area contributed by atoms with E-state index in [0.717, 1.165) is 0 Å². The third-order valence-electron chi connectivity index (χ3n) is 2.67. The number of hydrogen-bond acceptors (Lipinski definition) is 4. The summed E-state index contributed by atoms with van der Waals surface area (Å²) in [5, 5.41) is 9.34. The van der Waals surface area contributed by atoms with Crippen molar-refractivity contribution in [3.05, 3.63) is 27.7 Å². The van der Waals surface area contributed by atoms with Crippen molar-refractivity contribution in [1.82, 2.24) is 4.72 Å². The van der Waals surface area contributed by atoms with Crippen molar-refractivity contribution in [2.24, 2.45) is 5.92 Å². The number of rotatable bonds is 7. The predicted molar refractivity (Wildman–Crippen MR) is 78.6 cm³/mol. The minimum atomic E-state index is -3.76. The summed E-state index contributed by atoms with van der Waals surface area (Å²) in [6, 6.07) is 2.71. The first-order chi connectivity index (χ1) is 9.33. The van der Waals surface area contributed by atoms with Crippen LogP contribution in [-0.4, -0.2) is 33.8 Å². The molecule has 0 radical (unpaired) electrons. The molecule has 114 valence electrons. The Balaban J connectivity index is 2.99. The molecule has 0 saturated carbocycles. The van der Waals surface area contributed by atoms with E-state index < -0.39 is 16.6 Å². The predicted octanol–water partition coefficient (Wildman–Crippen LogP) is 2.05. The fourth-order valence-corrected chi connectivity index (χ4v) is 3.66. The molecule has 0 spiro atoms. The van der Waals surface area contributed by atoms with Crippen molar-refractivity contribution < 1.29 is 18.3 Å². The summed E-state index contributed by atoms with van der Waals surface area (Å²) in [7, 11) is -2.21. The van der Waals surface area contributed by atoms with Crippen LogP contribution in [-0.2, 0) is 21.4 Å².